The summed E-state index contributed by atoms with van der Waals surface area (Å²) < 4.78 is 2.43. The highest BCUT2D eigenvalue weighted by Crippen LogP contribution is 2.20. The maximum absolute atomic E-state index is 11.6. The third kappa shape index (κ3) is 2.26. The topological polar surface area (TPSA) is 52.0 Å². The second-order valence-corrected chi connectivity index (χ2v) is 4.77. The predicted octanol–water partition coefficient (Wildman–Crippen LogP) is 2.51. The molecule has 0 spiro atoms. The van der Waals surface area contributed by atoms with Crippen LogP contribution in [0.25, 0.3) is 5.69 Å². The first kappa shape index (κ1) is 12.7. The molecule has 0 atom stereocenters. The Morgan fingerprint density at radius 2 is 2.00 bits per heavy atom. The van der Waals surface area contributed by atoms with Gasteiger partial charge in [0, 0.05) is 23.2 Å². The smallest absolute Gasteiger partial charge is 0.211 e. The molecule has 0 aliphatic carbocycles. The van der Waals surface area contributed by atoms with Gasteiger partial charge >= 0.3 is 0 Å². The van der Waals surface area contributed by atoms with Gasteiger partial charge in [-0.05, 0) is 35.0 Å². The Morgan fingerprint density at radius 1 is 1.33 bits per heavy atom. The molecule has 0 aliphatic heterocycles. The largest absolute Gasteiger partial charge is 0.293 e. The second-order valence-electron chi connectivity index (χ2n) is 3.92. The van der Waals surface area contributed by atoms with Crippen LogP contribution >= 0.6 is 15.9 Å². The normalized spacial score (nSPS) is 10.4. The third-order valence-corrected chi connectivity index (χ3v) is 3.19. The Balaban J connectivity index is 2.73. The third-order valence-electron chi connectivity index (χ3n) is 2.52. The van der Waals surface area contributed by atoms with E-state index < -0.39 is 0 Å². The number of nitrogens with zero attached hydrogens (tertiary/aromatic N) is 2. The van der Waals surface area contributed by atoms with Crippen LogP contribution in [-0.4, -0.2) is 15.6 Å². The van der Waals surface area contributed by atoms with E-state index in [1.807, 2.05) is 24.3 Å². The van der Waals surface area contributed by atoms with Crippen molar-refractivity contribution in [3.8, 4) is 5.69 Å². The van der Waals surface area contributed by atoms with Crippen molar-refractivity contribution < 1.29 is 4.79 Å². The molecular formula is C13H11BrN2O2. The van der Waals surface area contributed by atoms with Gasteiger partial charge in [0.15, 0.2) is 11.5 Å². The van der Waals surface area contributed by atoms with Crippen LogP contribution in [0, 0.1) is 6.92 Å². The fourth-order valence-electron chi connectivity index (χ4n) is 1.66. The summed E-state index contributed by atoms with van der Waals surface area (Å²) in [5.41, 5.74) is 1.08. The molecule has 2 aromatic rings. The van der Waals surface area contributed by atoms with Gasteiger partial charge < -0.3 is 0 Å². The molecule has 0 radical (unpaired) electrons. The van der Waals surface area contributed by atoms with E-state index in [0.717, 1.165) is 10.2 Å². The Labute approximate surface area is 112 Å². The van der Waals surface area contributed by atoms with E-state index in [1.165, 1.54) is 13.0 Å². The fraction of sp³-hybridized carbons (Fsp3) is 0.154. The van der Waals surface area contributed by atoms with Crippen molar-refractivity contribution in [3.05, 3.63) is 56.4 Å². The second kappa shape index (κ2) is 4.86. The van der Waals surface area contributed by atoms with Crippen molar-refractivity contribution in [1.82, 2.24) is 9.78 Å². The minimum Gasteiger partial charge on any atom is -0.293 e. The summed E-state index contributed by atoms with van der Waals surface area (Å²) in [6.45, 7) is 3.11. The van der Waals surface area contributed by atoms with Crippen molar-refractivity contribution >= 4 is 21.7 Å². The minimum absolute atomic E-state index is 0.0450. The molecule has 2 rings (SSSR count). The lowest BCUT2D eigenvalue weighted by atomic mass is 10.2. The van der Waals surface area contributed by atoms with E-state index in [1.54, 1.807) is 11.6 Å². The quantitative estimate of drug-likeness (QED) is 0.801. The lowest BCUT2D eigenvalue weighted by Gasteiger charge is -2.11. The van der Waals surface area contributed by atoms with Gasteiger partial charge in [0.1, 0.15) is 0 Å². The molecule has 0 amide bonds. The number of ketones is 1. The molecule has 0 bridgehead atoms. The van der Waals surface area contributed by atoms with Crippen LogP contribution in [-0.2, 0) is 0 Å². The van der Waals surface area contributed by atoms with Crippen molar-refractivity contribution in [1.29, 1.82) is 0 Å². The first-order chi connectivity index (χ1) is 8.50. The Morgan fingerprint density at radius 3 is 2.61 bits per heavy atom. The number of hydrogen-bond donors (Lipinski definition) is 0. The summed E-state index contributed by atoms with van der Waals surface area (Å²) in [7, 11) is 0. The summed E-state index contributed by atoms with van der Waals surface area (Å²) in [5, 5.41) is 4.13. The van der Waals surface area contributed by atoms with Crippen LogP contribution < -0.4 is 5.43 Å². The van der Waals surface area contributed by atoms with Crippen LogP contribution in [0.2, 0.25) is 0 Å². The molecule has 0 N–H and O–H groups in total. The molecule has 92 valence electrons. The van der Waals surface area contributed by atoms with E-state index in [0.29, 0.717) is 5.69 Å². The van der Waals surface area contributed by atoms with Crippen LogP contribution in [0.1, 0.15) is 23.1 Å². The van der Waals surface area contributed by atoms with E-state index in [-0.39, 0.29) is 16.9 Å². The van der Waals surface area contributed by atoms with Crippen LogP contribution in [0.3, 0.4) is 0 Å². The number of carbonyl (C=O) groups excluding carboxylic acids is 1. The summed E-state index contributed by atoms with van der Waals surface area (Å²) in [5.74, 6) is -0.333. The van der Waals surface area contributed by atoms with Crippen molar-refractivity contribution in [2.45, 2.75) is 13.8 Å². The highest BCUT2D eigenvalue weighted by atomic mass is 79.9. The van der Waals surface area contributed by atoms with Gasteiger partial charge in [-0.3, -0.25) is 9.59 Å². The zero-order chi connectivity index (χ0) is 13.3. The molecule has 1 aromatic heterocycles. The van der Waals surface area contributed by atoms with Gasteiger partial charge in [0.25, 0.3) is 0 Å². The number of halogens is 1. The fourth-order valence-corrected chi connectivity index (χ4v) is 2.11. The highest BCUT2D eigenvalue weighted by Gasteiger charge is 2.12. The van der Waals surface area contributed by atoms with Crippen molar-refractivity contribution in [2.75, 3.05) is 0 Å². The van der Waals surface area contributed by atoms with E-state index in [2.05, 4.69) is 21.0 Å². The van der Waals surface area contributed by atoms with E-state index in [9.17, 15) is 9.59 Å². The average Bonchev–Trinajstić information content (AvgIpc) is 2.30. The van der Waals surface area contributed by atoms with Gasteiger partial charge in [0.2, 0.25) is 5.43 Å². The lowest BCUT2D eigenvalue weighted by molar-refractivity contribution is 0.101. The number of para-hydroxylation sites is 1. The average molecular weight is 307 g/mol. The Kier molecular flexibility index (Phi) is 3.43. The monoisotopic (exact) mass is 306 g/mol. The number of aryl methyl sites for hydroxylation is 1. The van der Waals surface area contributed by atoms with Gasteiger partial charge in [-0.15, -0.1) is 0 Å². The number of hydrogen-bond acceptors (Lipinski definition) is 3. The number of benzene rings is 1. The minimum atomic E-state index is -0.344. The molecule has 4 nitrogen and oxygen atoms in total. The SMILES string of the molecule is CC(=O)c1nn(-c2ccccc2Br)c(C)cc1=O. The molecule has 0 fully saturated rings. The molecule has 1 heterocycles. The molecule has 0 aliphatic rings. The summed E-state index contributed by atoms with van der Waals surface area (Å²) in [6, 6.07) is 8.91. The molecular weight excluding hydrogens is 296 g/mol. The van der Waals surface area contributed by atoms with Crippen LogP contribution in [0.15, 0.2) is 39.6 Å². The van der Waals surface area contributed by atoms with Crippen molar-refractivity contribution in [3.63, 3.8) is 0 Å². The van der Waals surface area contributed by atoms with Gasteiger partial charge in [0.05, 0.1) is 5.69 Å². The molecule has 5 heteroatoms. The summed E-state index contributed by atoms with van der Waals surface area (Å²) in [6.07, 6.45) is 0. The standard InChI is InChI=1S/C13H11BrN2O2/c1-8-7-12(18)13(9(2)17)15-16(8)11-6-4-3-5-10(11)14/h3-7H,1-2H3. The summed E-state index contributed by atoms with van der Waals surface area (Å²) in [4.78, 5) is 23.0. The number of carbonyl (C=O) groups is 1. The van der Waals surface area contributed by atoms with E-state index >= 15 is 0 Å². The first-order valence-electron chi connectivity index (χ1n) is 5.37. The Hall–Kier alpha value is -1.75. The number of Topliss-reactive ketones (excluding diaryl/α,β-unsaturated/α-hetero) is 1. The summed E-state index contributed by atoms with van der Waals surface area (Å²) >= 11 is 3.42. The maximum atomic E-state index is 11.6. The van der Waals surface area contributed by atoms with Crippen molar-refractivity contribution in [2.24, 2.45) is 0 Å². The van der Waals surface area contributed by atoms with Gasteiger partial charge in [-0.1, -0.05) is 12.1 Å². The Bertz CT molecular complexity index is 677. The van der Waals surface area contributed by atoms with Crippen LogP contribution in [0.5, 0.6) is 0 Å². The molecule has 18 heavy (non-hydrogen) atoms. The molecule has 0 saturated heterocycles. The number of rotatable bonds is 2. The van der Waals surface area contributed by atoms with E-state index in [4.69, 9.17) is 0 Å². The van der Waals surface area contributed by atoms with Crippen LogP contribution in [0.4, 0.5) is 0 Å². The maximum Gasteiger partial charge on any atom is 0.211 e. The van der Waals surface area contributed by atoms with Gasteiger partial charge in [-0.2, -0.15) is 5.10 Å². The zero-order valence-corrected chi connectivity index (χ0v) is 11.6. The predicted molar refractivity (Wildman–Crippen MR) is 72.3 cm³/mol. The lowest BCUT2D eigenvalue weighted by Crippen LogP contribution is -2.21. The molecule has 0 saturated carbocycles. The zero-order valence-electron chi connectivity index (χ0n) is 9.98. The highest BCUT2D eigenvalue weighted by molar-refractivity contribution is 9.10. The van der Waals surface area contributed by atoms with Gasteiger partial charge in [-0.25, -0.2) is 4.68 Å². The first-order valence-corrected chi connectivity index (χ1v) is 6.17. The molecule has 1 aromatic carbocycles. The molecule has 0 unspecified atom stereocenters. The number of aromatic nitrogens is 2.